The van der Waals surface area contributed by atoms with Crippen LogP contribution in [-0.2, 0) is 0 Å². The molecule has 0 saturated heterocycles. The lowest BCUT2D eigenvalue weighted by Crippen LogP contribution is -2.11. The SMILES string of the molecule is COc1ccc2oc(-c3csc(NC(=O)c4ccc(OC)c(OC)c4)n3)cc2c1. The molecule has 7 nitrogen and oxygen atoms in total. The first-order valence-corrected chi connectivity index (χ1v) is 9.56. The molecule has 2 heterocycles. The summed E-state index contributed by atoms with van der Waals surface area (Å²) in [5, 5.41) is 6.02. The number of carbonyl (C=O) groups excluding carboxylic acids is 1. The summed E-state index contributed by atoms with van der Waals surface area (Å²) in [5.74, 6) is 2.13. The van der Waals surface area contributed by atoms with Crippen LogP contribution in [0.5, 0.6) is 17.2 Å². The molecule has 0 unspecified atom stereocenters. The molecule has 0 atom stereocenters. The van der Waals surface area contributed by atoms with Gasteiger partial charge in [-0.05, 0) is 42.5 Å². The first-order chi connectivity index (χ1) is 14.1. The smallest absolute Gasteiger partial charge is 0.257 e. The van der Waals surface area contributed by atoms with Crippen molar-refractivity contribution in [3.05, 3.63) is 53.4 Å². The fourth-order valence-electron chi connectivity index (χ4n) is 2.87. The number of nitrogens with one attached hydrogen (secondary N) is 1. The van der Waals surface area contributed by atoms with E-state index in [1.807, 2.05) is 29.6 Å². The quantitative estimate of drug-likeness (QED) is 0.490. The highest BCUT2D eigenvalue weighted by Gasteiger charge is 2.15. The van der Waals surface area contributed by atoms with Crippen LogP contribution >= 0.6 is 11.3 Å². The highest BCUT2D eigenvalue weighted by Crippen LogP contribution is 2.32. The minimum Gasteiger partial charge on any atom is -0.497 e. The topological polar surface area (TPSA) is 82.8 Å². The van der Waals surface area contributed by atoms with E-state index in [-0.39, 0.29) is 5.91 Å². The van der Waals surface area contributed by atoms with Crippen molar-refractivity contribution in [2.45, 2.75) is 0 Å². The van der Waals surface area contributed by atoms with E-state index in [0.717, 1.165) is 16.7 Å². The third-order valence-electron chi connectivity index (χ3n) is 4.35. The molecule has 0 saturated carbocycles. The van der Waals surface area contributed by atoms with Crippen molar-refractivity contribution in [2.24, 2.45) is 0 Å². The van der Waals surface area contributed by atoms with Crippen molar-refractivity contribution in [3.8, 4) is 28.7 Å². The summed E-state index contributed by atoms with van der Waals surface area (Å²) in [6.07, 6.45) is 0. The summed E-state index contributed by atoms with van der Waals surface area (Å²) in [4.78, 5) is 17.0. The van der Waals surface area contributed by atoms with Gasteiger partial charge in [-0.25, -0.2) is 4.98 Å². The predicted octanol–water partition coefficient (Wildman–Crippen LogP) is 4.83. The van der Waals surface area contributed by atoms with Crippen molar-refractivity contribution >= 4 is 33.3 Å². The largest absolute Gasteiger partial charge is 0.497 e. The number of carbonyl (C=O) groups is 1. The fraction of sp³-hybridized carbons (Fsp3) is 0.143. The van der Waals surface area contributed by atoms with Gasteiger partial charge < -0.3 is 18.6 Å². The molecule has 148 valence electrons. The maximum absolute atomic E-state index is 12.6. The number of ether oxygens (including phenoxy) is 3. The minimum absolute atomic E-state index is 0.291. The number of rotatable bonds is 6. The maximum Gasteiger partial charge on any atom is 0.257 e. The van der Waals surface area contributed by atoms with Crippen LogP contribution in [0.15, 0.2) is 52.3 Å². The van der Waals surface area contributed by atoms with Crippen molar-refractivity contribution in [2.75, 3.05) is 26.6 Å². The molecular formula is C21H18N2O5S. The second-order valence-corrected chi connectivity index (χ2v) is 6.93. The highest BCUT2D eigenvalue weighted by atomic mass is 32.1. The van der Waals surface area contributed by atoms with Gasteiger partial charge in [0.2, 0.25) is 0 Å². The lowest BCUT2D eigenvalue weighted by Gasteiger charge is -2.09. The first kappa shape index (κ1) is 18.8. The van der Waals surface area contributed by atoms with Crippen LogP contribution in [0.4, 0.5) is 5.13 Å². The van der Waals surface area contributed by atoms with Gasteiger partial charge in [0.1, 0.15) is 17.0 Å². The van der Waals surface area contributed by atoms with Gasteiger partial charge in [0, 0.05) is 16.3 Å². The van der Waals surface area contributed by atoms with Crippen LogP contribution in [0.3, 0.4) is 0 Å². The number of thiazole rings is 1. The van der Waals surface area contributed by atoms with E-state index in [2.05, 4.69) is 10.3 Å². The zero-order valence-electron chi connectivity index (χ0n) is 16.0. The molecule has 0 radical (unpaired) electrons. The molecule has 8 heteroatoms. The van der Waals surface area contributed by atoms with Gasteiger partial charge in [0.25, 0.3) is 5.91 Å². The molecule has 0 aliphatic rings. The van der Waals surface area contributed by atoms with Crippen molar-refractivity contribution in [3.63, 3.8) is 0 Å². The number of furan rings is 1. The van der Waals surface area contributed by atoms with Gasteiger partial charge in [-0.15, -0.1) is 11.3 Å². The monoisotopic (exact) mass is 410 g/mol. The number of amides is 1. The van der Waals surface area contributed by atoms with Crippen LogP contribution in [0.25, 0.3) is 22.4 Å². The number of fused-ring (bicyclic) bond motifs is 1. The molecule has 2 aromatic carbocycles. The second kappa shape index (κ2) is 7.84. The molecule has 0 aliphatic heterocycles. The average Bonchev–Trinajstić information content (AvgIpc) is 3.39. The summed E-state index contributed by atoms with van der Waals surface area (Å²) < 4.78 is 21.5. The Kier molecular flexibility index (Phi) is 5.09. The van der Waals surface area contributed by atoms with Crippen LogP contribution in [0, 0.1) is 0 Å². The van der Waals surface area contributed by atoms with E-state index in [9.17, 15) is 4.79 Å². The van der Waals surface area contributed by atoms with Gasteiger partial charge in [0.05, 0.1) is 21.3 Å². The Morgan fingerprint density at radius 2 is 1.83 bits per heavy atom. The van der Waals surface area contributed by atoms with Crippen LogP contribution in [0.1, 0.15) is 10.4 Å². The fourth-order valence-corrected chi connectivity index (χ4v) is 3.56. The standard InChI is InChI=1S/C21H18N2O5S/c1-25-14-5-7-16-13(8-14)10-18(28-16)15-11-29-21(22-15)23-20(24)12-4-6-17(26-2)19(9-12)27-3/h4-11H,1-3H3,(H,22,23,24). The van der Waals surface area contributed by atoms with E-state index in [1.54, 1.807) is 32.4 Å². The second-order valence-electron chi connectivity index (χ2n) is 6.08. The van der Waals surface area contributed by atoms with E-state index >= 15 is 0 Å². The van der Waals surface area contributed by atoms with Crippen LogP contribution in [0.2, 0.25) is 0 Å². The molecule has 1 N–H and O–H groups in total. The summed E-state index contributed by atoms with van der Waals surface area (Å²) in [6, 6.07) is 12.5. The van der Waals surface area contributed by atoms with Crippen LogP contribution < -0.4 is 19.5 Å². The Balaban J connectivity index is 1.54. The molecule has 29 heavy (non-hydrogen) atoms. The molecule has 0 fully saturated rings. The third kappa shape index (κ3) is 3.74. The number of hydrogen-bond donors (Lipinski definition) is 1. The number of aromatic nitrogens is 1. The normalized spacial score (nSPS) is 10.7. The Hall–Kier alpha value is -3.52. The molecule has 0 bridgehead atoms. The Bertz CT molecular complexity index is 1180. The van der Waals surface area contributed by atoms with E-state index in [1.165, 1.54) is 18.4 Å². The lowest BCUT2D eigenvalue weighted by molar-refractivity contribution is 0.102. The summed E-state index contributed by atoms with van der Waals surface area (Å²) >= 11 is 1.32. The Labute approximate surface area is 170 Å². The average molecular weight is 410 g/mol. The van der Waals surface area contributed by atoms with Gasteiger partial charge >= 0.3 is 0 Å². The zero-order valence-corrected chi connectivity index (χ0v) is 16.8. The Morgan fingerprint density at radius 3 is 2.59 bits per heavy atom. The Morgan fingerprint density at radius 1 is 1.00 bits per heavy atom. The zero-order chi connectivity index (χ0) is 20.4. The van der Waals surface area contributed by atoms with E-state index in [4.69, 9.17) is 18.6 Å². The molecule has 4 rings (SSSR count). The third-order valence-corrected chi connectivity index (χ3v) is 5.10. The number of hydrogen-bond acceptors (Lipinski definition) is 7. The molecule has 1 amide bonds. The number of nitrogens with zero attached hydrogens (tertiary/aromatic N) is 1. The molecule has 2 aromatic heterocycles. The first-order valence-electron chi connectivity index (χ1n) is 8.68. The highest BCUT2D eigenvalue weighted by molar-refractivity contribution is 7.14. The maximum atomic E-state index is 12.6. The van der Waals surface area contributed by atoms with Crippen molar-refractivity contribution in [1.82, 2.24) is 4.98 Å². The number of methoxy groups -OCH3 is 3. The molecular weight excluding hydrogens is 392 g/mol. The molecule has 0 aliphatic carbocycles. The summed E-state index contributed by atoms with van der Waals surface area (Å²) in [5.41, 5.74) is 1.83. The predicted molar refractivity (Wildman–Crippen MR) is 111 cm³/mol. The molecule has 4 aromatic rings. The number of benzene rings is 2. The van der Waals surface area contributed by atoms with Crippen molar-refractivity contribution in [1.29, 1.82) is 0 Å². The van der Waals surface area contributed by atoms with Crippen LogP contribution in [-0.4, -0.2) is 32.2 Å². The van der Waals surface area contributed by atoms with Crippen molar-refractivity contribution < 1.29 is 23.4 Å². The number of anilines is 1. The van der Waals surface area contributed by atoms with Gasteiger partial charge in [-0.3, -0.25) is 10.1 Å². The van der Waals surface area contributed by atoms with Gasteiger partial charge in [-0.1, -0.05) is 0 Å². The van der Waals surface area contributed by atoms with E-state index in [0.29, 0.717) is 33.6 Å². The van der Waals surface area contributed by atoms with Gasteiger partial charge in [-0.2, -0.15) is 0 Å². The summed E-state index contributed by atoms with van der Waals surface area (Å²) in [7, 11) is 4.69. The molecule has 0 spiro atoms. The van der Waals surface area contributed by atoms with E-state index < -0.39 is 0 Å². The lowest BCUT2D eigenvalue weighted by atomic mass is 10.2. The minimum atomic E-state index is -0.291. The van der Waals surface area contributed by atoms with Gasteiger partial charge in [0.15, 0.2) is 22.4 Å². The summed E-state index contributed by atoms with van der Waals surface area (Å²) in [6.45, 7) is 0.